The Morgan fingerprint density at radius 2 is 2.00 bits per heavy atom. The molecule has 2 amide bonds. The summed E-state index contributed by atoms with van der Waals surface area (Å²) in [5.41, 5.74) is 1.82. The normalized spacial score (nSPS) is 20.0. The van der Waals surface area contributed by atoms with Crippen molar-refractivity contribution in [1.82, 2.24) is 10.6 Å². The Balaban J connectivity index is 1.44. The van der Waals surface area contributed by atoms with E-state index in [4.69, 9.17) is 0 Å². The van der Waals surface area contributed by atoms with Gasteiger partial charge in [-0.15, -0.1) is 0 Å². The van der Waals surface area contributed by atoms with Crippen LogP contribution in [0.5, 0.6) is 0 Å². The summed E-state index contributed by atoms with van der Waals surface area (Å²) >= 11 is 0. The number of halogens is 1. The van der Waals surface area contributed by atoms with Gasteiger partial charge in [0, 0.05) is 18.3 Å². The number of carbonyl (C=O) groups is 1. The van der Waals surface area contributed by atoms with E-state index in [-0.39, 0.29) is 17.9 Å². The van der Waals surface area contributed by atoms with Crippen molar-refractivity contribution in [2.75, 3.05) is 18.4 Å². The predicted octanol–water partition coefficient (Wildman–Crippen LogP) is 3.56. The van der Waals surface area contributed by atoms with Crippen LogP contribution in [0.15, 0.2) is 54.6 Å². The Kier molecular flexibility index (Phi) is 6.01. The van der Waals surface area contributed by atoms with Crippen LogP contribution < -0.4 is 16.0 Å². The number of piperidine rings is 1. The lowest BCUT2D eigenvalue weighted by Gasteiger charge is -2.30. The summed E-state index contributed by atoms with van der Waals surface area (Å²) in [6.45, 7) is 1.53. The highest BCUT2D eigenvalue weighted by Gasteiger charge is 2.22. The lowest BCUT2D eigenvalue weighted by Crippen LogP contribution is -2.47. The van der Waals surface area contributed by atoms with E-state index in [9.17, 15) is 9.18 Å². The van der Waals surface area contributed by atoms with E-state index in [0.29, 0.717) is 18.2 Å². The number of hydrogen-bond donors (Lipinski definition) is 3. The third kappa shape index (κ3) is 5.57. The smallest absolute Gasteiger partial charge is 0.319 e. The maximum Gasteiger partial charge on any atom is 0.319 e. The highest BCUT2D eigenvalue weighted by atomic mass is 19.1. The minimum atomic E-state index is -0.365. The molecule has 1 fully saturated rings. The third-order valence-electron chi connectivity index (χ3n) is 4.56. The molecule has 1 heterocycles. The van der Waals surface area contributed by atoms with Gasteiger partial charge in [0.2, 0.25) is 0 Å². The first kappa shape index (κ1) is 17.4. The molecule has 0 bridgehead atoms. The van der Waals surface area contributed by atoms with Crippen molar-refractivity contribution < 1.29 is 9.18 Å². The summed E-state index contributed by atoms with van der Waals surface area (Å²) in [6, 6.07) is 16.4. The van der Waals surface area contributed by atoms with Gasteiger partial charge >= 0.3 is 6.03 Å². The van der Waals surface area contributed by atoms with Crippen LogP contribution >= 0.6 is 0 Å². The van der Waals surface area contributed by atoms with E-state index in [1.165, 1.54) is 17.7 Å². The lowest BCUT2D eigenvalue weighted by atomic mass is 9.87. The van der Waals surface area contributed by atoms with Gasteiger partial charge in [-0.05, 0) is 55.5 Å². The Hall–Kier alpha value is -2.40. The van der Waals surface area contributed by atoms with Gasteiger partial charge in [-0.25, -0.2) is 9.18 Å². The molecule has 0 aromatic heterocycles. The molecule has 5 heteroatoms. The Labute approximate surface area is 147 Å². The number of benzene rings is 2. The summed E-state index contributed by atoms with van der Waals surface area (Å²) < 4.78 is 13.1. The van der Waals surface area contributed by atoms with Gasteiger partial charge in [-0.3, -0.25) is 0 Å². The largest absolute Gasteiger partial charge is 0.336 e. The topological polar surface area (TPSA) is 53.2 Å². The Morgan fingerprint density at radius 1 is 1.16 bits per heavy atom. The second-order valence-electron chi connectivity index (χ2n) is 6.58. The van der Waals surface area contributed by atoms with Crippen molar-refractivity contribution in [2.24, 2.45) is 5.92 Å². The average Bonchev–Trinajstić information content (AvgIpc) is 2.61. The number of carbonyl (C=O) groups excluding carboxylic acids is 1. The van der Waals surface area contributed by atoms with Crippen LogP contribution in [0.25, 0.3) is 0 Å². The van der Waals surface area contributed by atoms with Crippen LogP contribution in [-0.2, 0) is 6.42 Å². The standard InChI is InChI=1S/C20H24FN3O/c21-17-7-4-8-18(13-17)24-20(25)23-14-19-12-16(9-10-22-19)11-15-5-2-1-3-6-15/h1-8,13,16,19,22H,9-12,14H2,(H2,23,24,25)/t16-,19+/m0/s1. The van der Waals surface area contributed by atoms with Gasteiger partial charge in [-0.1, -0.05) is 36.4 Å². The fourth-order valence-electron chi connectivity index (χ4n) is 3.34. The van der Waals surface area contributed by atoms with E-state index < -0.39 is 0 Å². The molecule has 4 nitrogen and oxygen atoms in total. The number of rotatable bonds is 5. The molecule has 0 unspecified atom stereocenters. The van der Waals surface area contributed by atoms with Crippen molar-refractivity contribution in [1.29, 1.82) is 0 Å². The Bertz CT molecular complexity index is 692. The number of hydrogen-bond acceptors (Lipinski definition) is 2. The van der Waals surface area contributed by atoms with Gasteiger partial charge in [-0.2, -0.15) is 0 Å². The third-order valence-corrected chi connectivity index (χ3v) is 4.56. The summed E-state index contributed by atoms with van der Waals surface area (Å²) in [7, 11) is 0. The number of nitrogens with one attached hydrogen (secondary N) is 3. The molecule has 2 aromatic rings. The first-order valence-electron chi connectivity index (χ1n) is 8.77. The molecule has 3 N–H and O–H groups in total. The van der Waals surface area contributed by atoms with E-state index in [1.54, 1.807) is 12.1 Å². The molecule has 2 aromatic carbocycles. The second kappa shape index (κ2) is 8.62. The molecule has 1 aliphatic heterocycles. The molecule has 3 rings (SSSR count). The van der Waals surface area contributed by atoms with Crippen LogP contribution in [0.2, 0.25) is 0 Å². The summed E-state index contributed by atoms with van der Waals surface area (Å²) in [5, 5.41) is 8.99. The number of urea groups is 1. The quantitative estimate of drug-likeness (QED) is 0.779. The predicted molar refractivity (Wildman–Crippen MR) is 98.1 cm³/mol. The zero-order chi connectivity index (χ0) is 17.5. The molecule has 0 radical (unpaired) electrons. The van der Waals surface area contributed by atoms with Crippen molar-refractivity contribution in [3.05, 3.63) is 66.0 Å². The summed E-state index contributed by atoms with van der Waals surface area (Å²) in [6.07, 6.45) is 3.27. The molecule has 0 saturated carbocycles. The fourth-order valence-corrected chi connectivity index (χ4v) is 3.34. The van der Waals surface area contributed by atoms with Crippen LogP contribution in [0.1, 0.15) is 18.4 Å². The van der Waals surface area contributed by atoms with Crippen LogP contribution in [0, 0.1) is 11.7 Å². The van der Waals surface area contributed by atoms with Crippen molar-refractivity contribution >= 4 is 11.7 Å². The monoisotopic (exact) mass is 341 g/mol. The zero-order valence-corrected chi connectivity index (χ0v) is 14.2. The molecule has 0 spiro atoms. The molecular weight excluding hydrogens is 317 g/mol. The highest BCUT2D eigenvalue weighted by Crippen LogP contribution is 2.21. The Morgan fingerprint density at radius 3 is 2.80 bits per heavy atom. The number of amides is 2. The molecule has 0 aliphatic carbocycles. The summed E-state index contributed by atoms with van der Waals surface area (Å²) in [5.74, 6) is 0.261. The van der Waals surface area contributed by atoms with Crippen molar-refractivity contribution in [2.45, 2.75) is 25.3 Å². The highest BCUT2D eigenvalue weighted by molar-refractivity contribution is 5.89. The molecule has 1 aliphatic rings. The fraction of sp³-hybridized carbons (Fsp3) is 0.350. The van der Waals surface area contributed by atoms with Crippen LogP contribution in [0.4, 0.5) is 14.9 Å². The van der Waals surface area contributed by atoms with E-state index in [1.807, 2.05) is 6.07 Å². The van der Waals surface area contributed by atoms with E-state index >= 15 is 0 Å². The van der Waals surface area contributed by atoms with Gasteiger partial charge in [0.05, 0.1) is 0 Å². The van der Waals surface area contributed by atoms with Gasteiger partial charge in [0.25, 0.3) is 0 Å². The van der Waals surface area contributed by atoms with Gasteiger partial charge in [0.1, 0.15) is 5.82 Å². The van der Waals surface area contributed by atoms with Crippen LogP contribution in [-0.4, -0.2) is 25.2 Å². The van der Waals surface area contributed by atoms with Crippen molar-refractivity contribution in [3.8, 4) is 0 Å². The number of anilines is 1. The SMILES string of the molecule is O=C(NC[C@H]1C[C@H](Cc2ccccc2)CCN1)Nc1cccc(F)c1. The zero-order valence-electron chi connectivity index (χ0n) is 14.2. The summed E-state index contributed by atoms with van der Waals surface area (Å²) in [4.78, 5) is 12.0. The van der Waals surface area contributed by atoms with E-state index in [2.05, 4.69) is 40.2 Å². The second-order valence-corrected chi connectivity index (χ2v) is 6.58. The molecule has 1 saturated heterocycles. The first-order chi connectivity index (χ1) is 12.2. The van der Waals surface area contributed by atoms with Gasteiger partial charge in [0.15, 0.2) is 0 Å². The minimum absolute atomic E-state index is 0.265. The van der Waals surface area contributed by atoms with E-state index in [0.717, 1.165) is 25.8 Å². The maximum atomic E-state index is 13.1. The molecule has 25 heavy (non-hydrogen) atoms. The molecule has 132 valence electrons. The first-order valence-corrected chi connectivity index (χ1v) is 8.77. The average molecular weight is 341 g/mol. The van der Waals surface area contributed by atoms with Gasteiger partial charge < -0.3 is 16.0 Å². The minimum Gasteiger partial charge on any atom is -0.336 e. The molecule has 2 atom stereocenters. The lowest BCUT2D eigenvalue weighted by molar-refractivity contribution is 0.246. The maximum absolute atomic E-state index is 13.1. The van der Waals surface area contributed by atoms with Crippen molar-refractivity contribution in [3.63, 3.8) is 0 Å². The van der Waals surface area contributed by atoms with Crippen LogP contribution in [0.3, 0.4) is 0 Å². The molecular formula is C20H24FN3O.